The average Bonchev–Trinajstić information content (AvgIpc) is 3.06. The number of halogens is 1. The Kier molecular flexibility index (Phi) is 3.96. The largest absolute Gasteiger partial charge is 0.338 e. The molecule has 1 heterocycles. The second-order valence-electron chi connectivity index (χ2n) is 5.58. The van der Waals surface area contributed by atoms with Crippen LogP contribution in [0.3, 0.4) is 0 Å². The molecule has 2 N–H and O–H groups in total. The molecule has 0 saturated heterocycles. The summed E-state index contributed by atoms with van der Waals surface area (Å²) in [5, 5.41) is 3.34. The summed E-state index contributed by atoms with van der Waals surface area (Å²) >= 11 is 6.12. The van der Waals surface area contributed by atoms with Gasteiger partial charge in [0.05, 0.1) is 27.3 Å². The van der Waals surface area contributed by atoms with Crippen LogP contribution in [0.15, 0.2) is 72.8 Å². The van der Waals surface area contributed by atoms with E-state index in [4.69, 9.17) is 11.6 Å². The summed E-state index contributed by atoms with van der Waals surface area (Å²) in [7, 11) is 0. The molecule has 0 bridgehead atoms. The Morgan fingerprint density at radius 2 is 1.64 bits per heavy atom. The van der Waals surface area contributed by atoms with Crippen LogP contribution in [0.5, 0.6) is 0 Å². The molecule has 4 rings (SSSR count). The number of aromatic amines is 1. The van der Waals surface area contributed by atoms with E-state index < -0.39 is 0 Å². The first-order valence-corrected chi connectivity index (χ1v) is 8.20. The third-order valence-electron chi connectivity index (χ3n) is 3.94. The maximum absolute atomic E-state index is 12.6. The van der Waals surface area contributed by atoms with Gasteiger partial charge in [0.15, 0.2) is 0 Å². The molecule has 0 atom stereocenters. The van der Waals surface area contributed by atoms with Crippen molar-refractivity contribution in [3.63, 3.8) is 0 Å². The van der Waals surface area contributed by atoms with E-state index in [1.165, 1.54) is 0 Å². The normalized spacial score (nSPS) is 10.8. The zero-order chi connectivity index (χ0) is 17.2. The molecule has 3 aromatic carbocycles. The van der Waals surface area contributed by atoms with Gasteiger partial charge < -0.3 is 10.3 Å². The molecule has 122 valence electrons. The quantitative estimate of drug-likeness (QED) is 0.539. The van der Waals surface area contributed by atoms with Crippen LogP contribution >= 0.6 is 11.6 Å². The number of fused-ring (bicyclic) bond motifs is 1. The number of rotatable bonds is 3. The SMILES string of the molecule is O=C(Nc1ccccc1-c1nc2ccccc2[nH]1)c1ccccc1Cl. The summed E-state index contributed by atoms with van der Waals surface area (Å²) in [4.78, 5) is 20.5. The molecule has 0 aliphatic rings. The number of carbonyl (C=O) groups is 1. The van der Waals surface area contributed by atoms with Crippen molar-refractivity contribution in [3.8, 4) is 11.4 Å². The Hall–Kier alpha value is -3.11. The minimum atomic E-state index is -0.255. The average molecular weight is 348 g/mol. The van der Waals surface area contributed by atoms with Crippen molar-refractivity contribution in [2.45, 2.75) is 0 Å². The highest BCUT2D eigenvalue weighted by Crippen LogP contribution is 2.28. The minimum Gasteiger partial charge on any atom is -0.338 e. The number of hydrogen-bond acceptors (Lipinski definition) is 2. The Morgan fingerprint density at radius 3 is 2.48 bits per heavy atom. The van der Waals surface area contributed by atoms with E-state index >= 15 is 0 Å². The predicted octanol–water partition coefficient (Wildman–Crippen LogP) is 5.14. The summed E-state index contributed by atoms with van der Waals surface area (Å²) in [5.74, 6) is 0.449. The first kappa shape index (κ1) is 15.4. The van der Waals surface area contributed by atoms with Gasteiger partial charge in [0, 0.05) is 5.56 Å². The molecule has 5 heteroatoms. The molecule has 0 saturated carbocycles. The fourth-order valence-corrected chi connectivity index (χ4v) is 2.94. The Labute approximate surface area is 149 Å². The summed E-state index contributed by atoms with van der Waals surface area (Å²) in [6, 6.07) is 22.3. The summed E-state index contributed by atoms with van der Waals surface area (Å²) in [6.45, 7) is 0. The first-order valence-electron chi connectivity index (χ1n) is 7.82. The number of nitrogens with one attached hydrogen (secondary N) is 2. The summed E-state index contributed by atoms with van der Waals surface area (Å²) in [5.41, 5.74) is 3.75. The molecule has 25 heavy (non-hydrogen) atoms. The molecule has 1 amide bonds. The van der Waals surface area contributed by atoms with Crippen LogP contribution in [0.4, 0.5) is 5.69 Å². The standard InChI is InChI=1S/C20H14ClN3O/c21-15-9-3-1-7-13(15)20(25)24-16-10-4-2-8-14(16)19-22-17-11-5-6-12-18(17)23-19/h1-12H,(H,22,23)(H,24,25). The van der Waals surface area contributed by atoms with Crippen molar-refractivity contribution in [1.29, 1.82) is 0 Å². The fraction of sp³-hybridized carbons (Fsp3) is 0. The zero-order valence-corrected chi connectivity index (χ0v) is 13.9. The van der Waals surface area contributed by atoms with Gasteiger partial charge in [-0.15, -0.1) is 0 Å². The van der Waals surface area contributed by atoms with E-state index in [1.807, 2.05) is 48.5 Å². The van der Waals surface area contributed by atoms with E-state index in [2.05, 4.69) is 15.3 Å². The van der Waals surface area contributed by atoms with Crippen molar-refractivity contribution in [2.75, 3.05) is 5.32 Å². The third kappa shape index (κ3) is 2.99. The Morgan fingerprint density at radius 1 is 0.920 bits per heavy atom. The fourth-order valence-electron chi connectivity index (χ4n) is 2.71. The number of anilines is 1. The topological polar surface area (TPSA) is 57.8 Å². The van der Waals surface area contributed by atoms with E-state index in [0.717, 1.165) is 16.6 Å². The number of benzene rings is 3. The smallest absolute Gasteiger partial charge is 0.257 e. The van der Waals surface area contributed by atoms with E-state index in [1.54, 1.807) is 24.3 Å². The lowest BCUT2D eigenvalue weighted by Gasteiger charge is -2.10. The van der Waals surface area contributed by atoms with Gasteiger partial charge in [0.1, 0.15) is 5.82 Å². The number of para-hydroxylation sites is 3. The Balaban J connectivity index is 1.72. The van der Waals surface area contributed by atoms with E-state index in [9.17, 15) is 4.79 Å². The van der Waals surface area contributed by atoms with Crippen molar-refractivity contribution in [3.05, 3.63) is 83.4 Å². The van der Waals surface area contributed by atoms with Gasteiger partial charge in [0.2, 0.25) is 0 Å². The Bertz CT molecular complexity index is 1040. The van der Waals surface area contributed by atoms with Gasteiger partial charge >= 0.3 is 0 Å². The van der Waals surface area contributed by atoms with Gasteiger partial charge in [-0.1, -0.05) is 48.0 Å². The lowest BCUT2D eigenvalue weighted by atomic mass is 10.1. The lowest BCUT2D eigenvalue weighted by Crippen LogP contribution is -2.13. The van der Waals surface area contributed by atoms with Crippen LogP contribution in [0, 0.1) is 0 Å². The van der Waals surface area contributed by atoms with Crippen LogP contribution in [0.25, 0.3) is 22.4 Å². The van der Waals surface area contributed by atoms with E-state index in [-0.39, 0.29) is 5.91 Å². The van der Waals surface area contributed by atoms with Gasteiger partial charge in [-0.05, 0) is 36.4 Å². The maximum atomic E-state index is 12.6. The molecule has 0 aliphatic carbocycles. The lowest BCUT2D eigenvalue weighted by molar-refractivity contribution is 0.102. The highest BCUT2D eigenvalue weighted by Gasteiger charge is 2.14. The minimum absolute atomic E-state index is 0.255. The molecule has 1 aromatic heterocycles. The summed E-state index contributed by atoms with van der Waals surface area (Å²) in [6.07, 6.45) is 0. The van der Waals surface area contributed by atoms with Crippen molar-refractivity contribution < 1.29 is 4.79 Å². The number of H-pyrrole nitrogens is 1. The first-order chi connectivity index (χ1) is 12.2. The van der Waals surface area contributed by atoms with Crippen LogP contribution in [-0.4, -0.2) is 15.9 Å². The van der Waals surface area contributed by atoms with Gasteiger partial charge in [-0.25, -0.2) is 4.98 Å². The number of hydrogen-bond donors (Lipinski definition) is 2. The highest BCUT2D eigenvalue weighted by molar-refractivity contribution is 6.34. The second kappa shape index (κ2) is 6.42. The van der Waals surface area contributed by atoms with Crippen LogP contribution in [-0.2, 0) is 0 Å². The molecule has 0 radical (unpaired) electrons. The number of carbonyl (C=O) groups excluding carboxylic acids is 1. The number of aromatic nitrogens is 2. The monoisotopic (exact) mass is 347 g/mol. The third-order valence-corrected chi connectivity index (χ3v) is 4.27. The van der Waals surface area contributed by atoms with Gasteiger partial charge in [-0.3, -0.25) is 4.79 Å². The van der Waals surface area contributed by atoms with Gasteiger partial charge in [-0.2, -0.15) is 0 Å². The molecule has 4 nitrogen and oxygen atoms in total. The highest BCUT2D eigenvalue weighted by atomic mass is 35.5. The summed E-state index contributed by atoms with van der Waals surface area (Å²) < 4.78 is 0. The van der Waals surface area contributed by atoms with Crippen LogP contribution in [0.1, 0.15) is 10.4 Å². The van der Waals surface area contributed by atoms with Crippen LogP contribution < -0.4 is 5.32 Å². The van der Waals surface area contributed by atoms with Crippen molar-refractivity contribution in [2.24, 2.45) is 0 Å². The molecule has 0 fully saturated rings. The molecule has 4 aromatic rings. The van der Waals surface area contributed by atoms with Gasteiger partial charge in [0.25, 0.3) is 5.91 Å². The molecular weight excluding hydrogens is 334 g/mol. The van der Waals surface area contributed by atoms with Crippen LogP contribution in [0.2, 0.25) is 5.02 Å². The molecule has 0 spiro atoms. The van der Waals surface area contributed by atoms with Crippen molar-refractivity contribution >= 4 is 34.2 Å². The number of nitrogens with zero attached hydrogens (tertiary/aromatic N) is 1. The zero-order valence-electron chi connectivity index (χ0n) is 13.2. The predicted molar refractivity (Wildman–Crippen MR) is 101 cm³/mol. The molecule has 0 unspecified atom stereocenters. The second-order valence-corrected chi connectivity index (χ2v) is 5.99. The van der Waals surface area contributed by atoms with Crippen molar-refractivity contribution in [1.82, 2.24) is 9.97 Å². The number of amides is 1. The van der Waals surface area contributed by atoms with E-state index in [0.29, 0.717) is 22.1 Å². The maximum Gasteiger partial charge on any atom is 0.257 e. The molecular formula is C20H14ClN3O. The molecule has 0 aliphatic heterocycles. The number of imidazole rings is 1.